The van der Waals surface area contributed by atoms with Crippen molar-refractivity contribution in [1.29, 1.82) is 5.41 Å². The van der Waals surface area contributed by atoms with Crippen molar-refractivity contribution >= 4 is 158 Å². The van der Waals surface area contributed by atoms with Gasteiger partial charge in [-0.1, -0.05) is 99.7 Å². The van der Waals surface area contributed by atoms with E-state index in [0.717, 1.165) is 36.3 Å². The number of aliphatic carboxylic acids is 1. The summed E-state index contributed by atoms with van der Waals surface area (Å²) in [7, 11) is 3.86. The lowest BCUT2D eigenvalue weighted by molar-refractivity contribution is -0.149. The number of carboxylic acids is 1. The smallest absolute Gasteiger partial charge is 0.303 e. The maximum absolute atomic E-state index is 15.8. The van der Waals surface area contributed by atoms with Crippen LogP contribution in [0.25, 0.3) is 21.8 Å². The highest BCUT2D eigenvalue weighted by Crippen LogP contribution is 2.28. The van der Waals surface area contributed by atoms with Gasteiger partial charge in [-0.15, -0.1) is 11.8 Å². The molecular weight excluding hydrogens is 1820 g/mol. The number of thioether (sulfide) groups is 1. The maximum Gasteiger partial charge on any atom is 0.303 e. The Morgan fingerprint density at radius 1 is 0.547 bits per heavy atom. The van der Waals surface area contributed by atoms with E-state index in [1.54, 1.807) is 73.1 Å². The SMILES string of the molecule is CCCC[C@H]1C(=O)N(C)[C@@H](CCCC)C(=O)N[C@@H](CCCNC(=N)N)C(=O)N[C@H](C(=O)NCC(N)=O)CSCC(=O)N[C@@H](Cc2ccc(Cl)cc2)C(=O)N(C)[C@@H](C)C(=O)N[C@H](CC(N)=O)C(=O)N2CCC[C@H]2C(=O)N[C@@H](Cc2cnc[nH]2)C(=O)N[C@@H](CCC(=O)O)C(=O)N2C[C@H](O)C[C@H]2C(=O)N[C@@H](Cc2c[nH]c3ccccc23)C(=O)N[C@@H](CO)C(=O)N[C@@H](Cc2c[nH]c3ccccc23)C(=O)N1C. The minimum atomic E-state index is -1.94. The molecule has 0 radical (unpaired) electrons. The normalized spacial score (nSPS) is 24.5. The van der Waals surface area contributed by atoms with Crippen LogP contribution in [-0.4, -0.2) is 328 Å². The van der Waals surface area contributed by atoms with Crippen LogP contribution in [0, 0.1) is 5.41 Å². The number of aliphatic hydroxyl groups is 2. The van der Waals surface area contributed by atoms with Gasteiger partial charge in [0.15, 0.2) is 5.96 Å². The molecule has 9 rings (SSSR count). The predicted octanol–water partition coefficient (Wildman–Crippen LogP) is -3.16. The number of imidazole rings is 1. The Bertz CT molecular complexity index is 5330. The number of nitrogens with zero attached hydrogens (tertiary/aromatic N) is 6. The van der Waals surface area contributed by atoms with Gasteiger partial charge in [-0.3, -0.25) is 91.7 Å². The summed E-state index contributed by atoms with van der Waals surface area (Å²) in [5, 5.41) is 70.6. The summed E-state index contributed by atoms with van der Waals surface area (Å²) in [5.41, 5.74) is 19.6. The minimum Gasteiger partial charge on any atom is -0.481 e. The second kappa shape index (κ2) is 51.3. The van der Waals surface area contributed by atoms with Gasteiger partial charge in [-0.25, -0.2) is 4.98 Å². The van der Waals surface area contributed by atoms with Gasteiger partial charge in [0.2, 0.25) is 100 Å². The van der Waals surface area contributed by atoms with E-state index in [1.807, 2.05) is 13.8 Å². The molecule has 6 heterocycles. The zero-order valence-corrected chi connectivity index (χ0v) is 78.5. The van der Waals surface area contributed by atoms with Crippen LogP contribution in [0.5, 0.6) is 0 Å². The number of guanidine groups is 1. The lowest BCUT2D eigenvalue weighted by Crippen LogP contribution is -2.62. The molecule has 742 valence electrons. The van der Waals surface area contributed by atoms with E-state index >= 15 is 38.4 Å². The number of H-pyrrole nitrogens is 3. The number of aromatic nitrogens is 4. The second-order valence-corrected chi connectivity index (χ2v) is 35.7. The Kier molecular flexibility index (Phi) is 40.0. The third kappa shape index (κ3) is 30.1. The van der Waals surface area contributed by atoms with Crippen molar-refractivity contribution in [1.82, 2.24) is 103 Å². The van der Waals surface area contributed by atoms with Crippen molar-refractivity contribution < 1.29 is 102 Å². The van der Waals surface area contributed by atoms with E-state index in [2.05, 4.69) is 78.4 Å². The van der Waals surface area contributed by atoms with E-state index in [0.29, 0.717) is 69.2 Å². The summed E-state index contributed by atoms with van der Waals surface area (Å²) in [6, 6.07) is -2.84. The van der Waals surface area contributed by atoms with Crippen molar-refractivity contribution in [2.75, 3.05) is 65.4 Å². The highest BCUT2D eigenvalue weighted by Gasteiger charge is 2.47. The molecule has 0 aliphatic carbocycles. The predicted molar refractivity (Wildman–Crippen MR) is 501 cm³/mol. The molecule has 137 heavy (non-hydrogen) atoms. The number of primary amides is 2. The number of fused-ring (bicyclic) bond motifs is 4. The summed E-state index contributed by atoms with van der Waals surface area (Å²) in [5.74, 6) is -19.9. The van der Waals surface area contributed by atoms with Gasteiger partial charge in [-0.2, -0.15) is 0 Å². The zero-order chi connectivity index (χ0) is 100. The lowest BCUT2D eigenvalue weighted by atomic mass is 10.00. The number of aliphatic hydroxyl groups excluding tert-OH is 2. The Balaban J connectivity index is 1.11. The first-order valence-electron chi connectivity index (χ1n) is 45.3. The van der Waals surface area contributed by atoms with Crippen LogP contribution in [0.15, 0.2) is 97.7 Å². The van der Waals surface area contributed by atoms with Gasteiger partial charge >= 0.3 is 5.97 Å². The van der Waals surface area contributed by atoms with Gasteiger partial charge < -0.3 is 130 Å². The molecule has 3 aromatic carbocycles. The molecule has 3 fully saturated rings. The van der Waals surface area contributed by atoms with Gasteiger partial charge in [0, 0.05) is 136 Å². The number of nitrogens with two attached hydrogens (primary N) is 3. The number of likely N-dealkylation sites (N-methyl/N-ethyl adjacent to an activating group) is 3. The molecule has 0 spiro atoms. The van der Waals surface area contributed by atoms with Gasteiger partial charge in [0.1, 0.15) is 84.6 Å². The molecule has 47 heteroatoms. The number of para-hydroxylation sites is 2. The van der Waals surface area contributed by atoms with Gasteiger partial charge in [0.25, 0.3) is 0 Å². The fourth-order valence-corrected chi connectivity index (χ4v) is 17.6. The molecule has 3 saturated heterocycles. The summed E-state index contributed by atoms with van der Waals surface area (Å²) in [4.78, 5) is 281. The first-order chi connectivity index (χ1) is 65.3. The molecule has 15 atom stereocenters. The largest absolute Gasteiger partial charge is 0.481 e. The molecule has 6 aromatic rings. The number of amides is 17. The van der Waals surface area contributed by atoms with E-state index < -0.39 is 266 Å². The Morgan fingerprint density at radius 3 is 1.69 bits per heavy atom. The number of benzene rings is 3. The van der Waals surface area contributed by atoms with Crippen LogP contribution >= 0.6 is 23.4 Å². The molecule has 0 saturated carbocycles. The summed E-state index contributed by atoms with van der Waals surface area (Å²) in [6.45, 7) is 2.24. The van der Waals surface area contributed by atoms with E-state index in [9.17, 15) is 63.3 Å². The second-order valence-electron chi connectivity index (χ2n) is 34.2. The van der Waals surface area contributed by atoms with Gasteiger partial charge in [-0.05, 0) is 92.8 Å². The van der Waals surface area contributed by atoms with Gasteiger partial charge in [0.05, 0.1) is 37.8 Å². The number of carbonyl (C=O) groups excluding carboxylic acids is 17. The Morgan fingerprint density at radius 2 is 1.09 bits per heavy atom. The molecule has 24 N–H and O–H groups in total. The fourth-order valence-electron chi connectivity index (χ4n) is 16.6. The monoisotopic (exact) mass is 1940 g/mol. The zero-order valence-electron chi connectivity index (χ0n) is 77.0. The van der Waals surface area contributed by atoms with Crippen LogP contribution in [0.4, 0.5) is 0 Å². The molecule has 17 amide bonds. The Hall–Kier alpha value is -13.8. The number of aromatic amines is 3. The fraction of sp³-hybridized carbons (Fsp3) is 0.511. The average Bonchev–Trinajstić information content (AvgIpc) is 1.69. The first kappa shape index (κ1) is 107. The molecule has 3 aromatic heterocycles. The van der Waals surface area contributed by atoms with Crippen LogP contribution in [-0.2, 0) is 112 Å². The van der Waals surface area contributed by atoms with Crippen molar-refractivity contribution in [2.45, 2.75) is 227 Å². The van der Waals surface area contributed by atoms with Crippen molar-refractivity contribution in [2.24, 2.45) is 17.2 Å². The molecule has 0 bridgehead atoms. The molecule has 3 aliphatic rings. The van der Waals surface area contributed by atoms with Crippen LogP contribution in [0.2, 0.25) is 5.02 Å². The summed E-state index contributed by atoms with van der Waals surface area (Å²) < 4.78 is 0. The molecule has 3 aliphatic heterocycles. The molecule has 0 unspecified atom stereocenters. The molecular formula is C90H123ClN24O21S. The standard InChI is InChI=1S/C90H123ClN24O21S/c1-7-9-22-68-82(129)103-59(21-15-31-97-90(94)95)78(125)110-67(77(124)100-42-73(93)119)45-137-46-74(120)102-63(33-49-25-27-52(91)28-26-49)85(132)111(4)48(3)76(123)107-65(38-72(92)118)88(135)114-32-16-24-69(114)83(130)106-62(36-53-41-96-47-101-53)80(127)104-60(29-30-75(121)122)87(134)115-43-54(117)37-71(115)84(131)105-61(34-50-39-98-57-19-13-11-17-55(50)57)79(126)109-66(44-116)81(128)108-64(35-51-40-99-58-20-14-12-18-56(51)58)86(133)113(6)70(23-10-8-2)89(136)112(68)5/h11-14,17-20,25-28,39-41,47-48,54,59-71,98-99,116-117H,7-10,15-16,21-24,29-38,42-46H2,1-6H3,(H2,92,118)(H2,93,119)(H,96,101)(H,100,124)(H,102,120)(H,103,129)(H,104,127)(H,105,131)(H,106,130)(H,107,123)(H,108,128)(H,109,126)(H,110,125)(H,121,122)(H4,94,95,97)/t48-,54+,59-,60-,61-,62-,63-,64-,65+,66-,67-,68-,69-,70-,71-/m0/s1. The maximum atomic E-state index is 15.8. The minimum absolute atomic E-state index is 0.0215. The quantitative estimate of drug-likeness (QED) is 0.0137. The molecule has 45 nitrogen and oxygen atoms in total. The number of rotatable bonds is 27. The summed E-state index contributed by atoms with van der Waals surface area (Å²) >= 11 is 7.01. The highest BCUT2D eigenvalue weighted by molar-refractivity contribution is 8.00. The number of hydrogen-bond donors (Lipinski definition) is 21. The number of unbranched alkanes of at least 4 members (excludes halogenated alkanes) is 2. The van der Waals surface area contributed by atoms with Crippen molar-refractivity contribution in [3.05, 3.63) is 125 Å². The Labute approximate surface area is 798 Å². The van der Waals surface area contributed by atoms with Crippen molar-refractivity contribution in [3.8, 4) is 0 Å². The highest BCUT2D eigenvalue weighted by atomic mass is 35.5. The van der Waals surface area contributed by atoms with Crippen molar-refractivity contribution in [3.63, 3.8) is 0 Å². The first-order valence-corrected chi connectivity index (χ1v) is 46.8. The van der Waals surface area contributed by atoms with Crippen LogP contribution < -0.4 is 75.7 Å². The summed E-state index contributed by atoms with van der Waals surface area (Å²) in [6.07, 6.45) is 1.46. The van der Waals surface area contributed by atoms with E-state index in [4.69, 9.17) is 34.2 Å². The lowest BCUT2D eigenvalue weighted by Gasteiger charge is -2.36. The topological polar surface area (TPSA) is 679 Å². The number of carboxylic acid groups (broad SMARTS) is 1. The van der Waals surface area contributed by atoms with Crippen LogP contribution in [0.1, 0.15) is 133 Å². The third-order valence-corrected chi connectivity index (χ3v) is 25.5. The third-order valence-electron chi connectivity index (χ3n) is 24.2. The van der Waals surface area contributed by atoms with E-state index in [1.165, 1.54) is 52.7 Å². The van der Waals surface area contributed by atoms with Crippen LogP contribution in [0.3, 0.4) is 0 Å². The number of hydrogen-bond acceptors (Lipinski definition) is 23. The number of halogens is 1. The number of nitrogens with one attached hydrogen (secondary N) is 15. The number of carbonyl (C=O) groups is 18. The average molecular weight is 1940 g/mol. The van der Waals surface area contributed by atoms with E-state index in [-0.39, 0.29) is 76.6 Å².